The van der Waals surface area contributed by atoms with Gasteiger partial charge in [-0.2, -0.15) is 0 Å². The van der Waals surface area contributed by atoms with Gasteiger partial charge >= 0.3 is 0 Å². The van der Waals surface area contributed by atoms with E-state index in [-0.39, 0.29) is 0 Å². The molecule has 1 aliphatic rings. The number of benzene rings is 1. The normalized spacial score (nSPS) is 21.4. The maximum absolute atomic E-state index is 6.10. The van der Waals surface area contributed by atoms with Gasteiger partial charge in [-0.25, -0.2) is 0 Å². The van der Waals surface area contributed by atoms with E-state index >= 15 is 0 Å². The first-order valence-electron chi connectivity index (χ1n) is 7.19. The van der Waals surface area contributed by atoms with Crippen LogP contribution in [-0.2, 0) is 0 Å². The molecule has 1 aliphatic carbocycles. The molecule has 1 saturated carbocycles. The first kappa shape index (κ1) is 14.5. The fourth-order valence-electron chi connectivity index (χ4n) is 2.73. The van der Waals surface area contributed by atoms with Crippen LogP contribution in [0.3, 0.4) is 0 Å². The van der Waals surface area contributed by atoms with E-state index in [0.29, 0.717) is 11.5 Å². The quantitative estimate of drug-likeness (QED) is 0.809. The Bertz CT molecular complexity index is 431. The summed E-state index contributed by atoms with van der Waals surface area (Å²) in [5, 5.41) is 4.36. The van der Waals surface area contributed by atoms with E-state index in [2.05, 4.69) is 26.1 Å². The van der Waals surface area contributed by atoms with Crippen molar-refractivity contribution in [1.82, 2.24) is 0 Å². The first-order valence-corrected chi connectivity index (χ1v) is 7.57. The molecule has 0 amide bonds. The average Bonchev–Trinajstić information content (AvgIpc) is 2.68. The number of hydrogen-bond donors (Lipinski definition) is 1. The maximum Gasteiger partial charge on any atom is 0.142 e. The molecule has 106 valence electrons. The van der Waals surface area contributed by atoms with Gasteiger partial charge in [0.2, 0.25) is 0 Å². The summed E-state index contributed by atoms with van der Waals surface area (Å²) in [5.41, 5.74) is 1.48. The van der Waals surface area contributed by atoms with E-state index in [9.17, 15) is 0 Å². The molecular formula is C16H24ClNO. The van der Waals surface area contributed by atoms with Crippen LogP contribution in [0.1, 0.15) is 46.5 Å². The molecule has 1 atom stereocenters. The number of hydrogen-bond acceptors (Lipinski definition) is 2. The Morgan fingerprint density at radius 3 is 2.84 bits per heavy atom. The third-order valence-corrected chi connectivity index (χ3v) is 3.97. The lowest BCUT2D eigenvalue weighted by molar-refractivity contribution is 0.318. The van der Waals surface area contributed by atoms with Gasteiger partial charge in [-0.15, -0.1) is 0 Å². The minimum Gasteiger partial charge on any atom is -0.491 e. The summed E-state index contributed by atoms with van der Waals surface area (Å²) in [6, 6.07) is 6.34. The van der Waals surface area contributed by atoms with E-state index in [0.717, 1.165) is 29.5 Å². The van der Waals surface area contributed by atoms with Crippen molar-refractivity contribution in [2.24, 2.45) is 5.41 Å². The maximum atomic E-state index is 6.10. The van der Waals surface area contributed by atoms with Gasteiger partial charge in [-0.05, 0) is 49.3 Å². The van der Waals surface area contributed by atoms with Crippen molar-refractivity contribution in [2.45, 2.75) is 52.5 Å². The lowest BCUT2D eigenvalue weighted by Gasteiger charge is -2.20. The van der Waals surface area contributed by atoms with Crippen LogP contribution < -0.4 is 10.1 Å². The zero-order valence-electron chi connectivity index (χ0n) is 12.1. The molecule has 0 radical (unpaired) electrons. The molecule has 0 heterocycles. The second-order valence-electron chi connectivity index (χ2n) is 6.24. The van der Waals surface area contributed by atoms with Crippen molar-refractivity contribution in [1.29, 1.82) is 0 Å². The fraction of sp³-hybridized carbons (Fsp3) is 0.625. The SMILES string of the molecule is CCCOc1ccc(Cl)cc1NC1CCC(C)(C)C1. The summed E-state index contributed by atoms with van der Waals surface area (Å²) in [7, 11) is 0. The van der Waals surface area contributed by atoms with Gasteiger partial charge in [0.1, 0.15) is 5.75 Å². The van der Waals surface area contributed by atoms with E-state index < -0.39 is 0 Å². The second-order valence-corrected chi connectivity index (χ2v) is 6.67. The highest BCUT2D eigenvalue weighted by molar-refractivity contribution is 6.30. The van der Waals surface area contributed by atoms with Crippen LogP contribution in [0.5, 0.6) is 5.75 Å². The number of ether oxygens (including phenoxy) is 1. The molecule has 1 aromatic rings. The van der Waals surface area contributed by atoms with Crippen LogP contribution in [0.2, 0.25) is 5.02 Å². The van der Waals surface area contributed by atoms with E-state index in [1.54, 1.807) is 0 Å². The summed E-state index contributed by atoms with van der Waals surface area (Å²) in [6.45, 7) is 7.53. The molecule has 2 rings (SSSR count). The van der Waals surface area contributed by atoms with Crippen molar-refractivity contribution in [3.05, 3.63) is 23.2 Å². The average molecular weight is 282 g/mol. The third kappa shape index (κ3) is 4.04. The van der Waals surface area contributed by atoms with Crippen LogP contribution in [0.15, 0.2) is 18.2 Å². The highest BCUT2D eigenvalue weighted by Gasteiger charge is 2.31. The van der Waals surface area contributed by atoms with Crippen molar-refractivity contribution < 1.29 is 4.74 Å². The molecule has 0 aliphatic heterocycles. The second kappa shape index (κ2) is 6.04. The predicted octanol–water partition coefficient (Wildman–Crippen LogP) is 5.12. The van der Waals surface area contributed by atoms with Crippen LogP contribution in [0.25, 0.3) is 0 Å². The molecule has 3 heteroatoms. The van der Waals surface area contributed by atoms with E-state index in [1.165, 1.54) is 19.3 Å². The van der Waals surface area contributed by atoms with Crippen LogP contribution >= 0.6 is 11.6 Å². The molecule has 1 aromatic carbocycles. The van der Waals surface area contributed by atoms with Gasteiger partial charge in [-0.1, -0.05) is 32.4 Å². The summed E-state index contributed by atoms with van der Waals surface area (Å²) in [4.78, 5) is 0. The van der Waals surface area contributed by atoms with E-state index in [1.807, 2.05) is 18.2 Å². The van der Waals surface area contributed by atoms with Gasteiger partial charge < -0.3 is 10.1 Å². The van der Waals surface area contributed by atoms with Crippen LogP contribution in [-0.4, -0.2) is 12.6 Å². The summed E-state index contributed by atoms with van der Waals surface area (Å²) in [6.07, 6.45) is 4.70. The largest absolute Gasteiger partial charge is 0.491 e. The minimum atomic E-state index is 0.445. The molecule has 19 heavy (non-hydrogen) atoms. The Labute approximate surface area is 121 Å². The molecule has 1 unspecified atom stereocenters. The third-order valence-electron chi connectivity index (χ3n) is 3.73. The van der Waals surface area contributed by atoms with Crippen molar-refractivity contribution in [3.63, 3.8) is 0 Å². The Hall–Kier alpha value is -0.890. The topological polar surface area (TPSA) is 21.3 Å². The molecule has 0 saturated heterocycles. The molecular weight excluding hydrogens is 258 g/mol. The fourth-order valence-corrected chi connectivity index (χ4v) is 2.90. The zero-order valence-corrected chi connectivity index (χ0v) is 12.9. The Balaban J connectivity index is 2.08. The Kier molecular flexibility index (Phi) is 4.62. The summed E-state index contributed by atoms with van der Waals surface area (Å²) < 4.78 is 5.78. The van der Waals surface area contributed by atoms with Crippen molar-refractivity contribution in [2.75, 3.05) is 11.9 Å². The monoisotopic (exact) mass is 281 g/mol. The molecule has 0 aromatic heterocycles. The smallest absolute Gasteiger partial charge is 0.142 e. The van der Waals surface area contributed by atoms with Crippen LogP contribution in [0.4, 0.5) is 5.69 Å². The van der Waals surface area contributed by atoms with Crippen molar-refractivity contribution in [3.8, 4) is 5.75 Å². The molecule has 1 fully saturated rings. The number of anilines is 1. The zero-order chi connectivity index (χ0) is 13.9. The highest BCUT2D eigenvalue weighted by atomic mass is 35.5. The van der Waals surface area contributed by atoms with Gasteiger partial charge in [0.25, 0.3) is 0 Å². The summed E-state index contributed by atoms with van der Waals surface area (Å²) >= 11 is 6.10. The standard InChI is InChI=1S/C16H24ClNO/c1-4-9-19-15-6-5-12(17)10-14(15)18-13-7-8-16(2,3)11-13/h5-6,10,13,18H,4,7-9,11H2,1-3H3. The summed E-state index contributed by atoms with van der Waals surface area (Å²) in [5.74, 6) is 0.913. The highest BCUT2D eigenvalue weighted by Crippen LogP contribution is 2.39. The Morgan fingerprint density at radius 1 is 1.42 bits per heavy atom. The lowest BCUT2D eigenvalue weighted by atomic mass is 9.92. The molecule has 2 nitrogen and oxygen atoms in total. The van der Waals surface area contributed by atoms with Gasteiger partial charge in [0.05, 0.1) is 12.3 Å². The van der Waals surface area contributed by atoms with Crippen molar-refractivity contribution >= 4 is 17.3 Å². The van der Waals surface area contributed by atoms with Crippen LogP contribution in [0, 0.1) is 5.41 Å². The van der Waals surface area contributed by atoms with E-state index in [4.69, 9.17) is 16.3 Å². The number of nitrogens with one attached hydrogen (secondary N) is 1. The minimum absolute atomic E-state index is 0.445. The lowest BCUT2D eigenvalue weighted by Crippen LogP contribution is -2.18. The molecule has 0 bridgehead atoms. The van der Waals surface area contributed by atoms with Gasteiger partial charge in [-0.3, -0.25) is 0 Å². The van der Waals surface area contributed by atoms with Gasteiger partial charge in [0, 0.05) is 11.1 Å². The molecule has 0 spiro atoms. The number of halogens is 1. The molecule has 1 N–H and O–H groups in total. The number of rotatable bonds is 5. The predicted molar refractivity (Wildman–Crippen MR) is 82.3 cm³/mol. The first-order chi connectivity index (χ1) is 9.00. The van der Waals surface area contributed by atoms with Gasteiger partial charge in [0.15, 0.2) is 0 Å². The Morgan fingerprint density at radius 2 is 2.21 bits per heavy atom.